The van der Waals surface area contributed by atoms with Gasteiger partial charge in [-0.25, -0.2) is 4.79 Å². The van der Waals surface area contributed by atoms with Crippen LogP contribution in [0.4, 0.5) is 0 Å². The number of aromatic carboxylic acids is 1. The highest BCUT2D eigenvalue weighted by Crippen LogP contribution is 2.19. The standard InChI is InChI=1S/C37H66O3/c1-2-3-4-5-6-7-8-9-10-11-12-13-14-15-16-17-18-19-20-21-22-23-24-25-26-27-28-31-34-40-36-33-30-29-32-35(36)37(38)39/h29-30,32-33H,2-28,31,34H2,1H3,(H,38,39). The van der Waals surface area contributed by atoms with E-state index in [9.17, 15) is 9.90 Å². The summed E-state index contributed by atoms with van der Waals surface area (Å²) in [6.07, 6.45) is 39.3. The molecule has 1 aromatic carbocycles. The molecular weight excluding hydrogens is 492 g/mol. The van der Waals surface area contributed by atoms with E-state index in [0.29, 0.717) is 12.4 Å². The summed E-state index contributed by atoms with van der Waals surface area (Å²) in [7, 11) is 0. The van der Waals surface area contributed by atoms with Gasteiger partial charge in [-0.2, -0.15) is 0 Å². The average molecular weight is 559 g/mol. The van der Waals surface area contributed by atoms with Crippen LogP contribution in [0.3, 0.4) is 0 Å². The Morgan fingerprint density at radius 1 is 0.500 bits per heavy atom. The highest BCUT2D eigenvalue weighted by atomic mass is 16.5. The zero-order chi connectivity index (χ0) is 28.8. The minimum absolute atomic E-state index is 0.253. The molecule has 0 radical (unpaired) electrons. The quantitative estimate of drug-likeness (QED) is 0.0922. The lowest BCUT2D eigenvalue weighted by atomic mass is 10.0. The van der Waals surface area contributed by atoms with Gasteiger partial charge < -0.3 is 9.84 Å². The first-order valence-corrected chi connectivity index (χ1v) is 17.7. The van der Waals surface area contributed by atoms with Crippen molar-refractivity contribution < 1.29 is 14.6 Å². The summed E-state index contributed by atoms with van der Waals surface area (Å²) in [6.45, 7) is 2.90. The number of hydrogen-bond donors (Lipinski definition) is 1. The van der Waals surface area contributed by atoms with Crippen molar-refractivity contribution in [2.45, 2.75) is 187 Å². The Morgan fingerprint density at radius 2 is 0.800 bits per heavy atom. The van der Waals surface area contributed by atoms with Gasteiger partial charge in [0.15, 0.2) is 0 Å². The van der Waals surface area contributed by atoms with Crippen LogP contribution in [0.2, 0.25) is 0 Å². The summed E-state index contributed by atoms with van der Waals surface area (Å²) in [6, 6.07) is 6.90. The van der Waals surface area contributed by atoms with Gasteiger partial charge in [0.2, 0.25) is 0 Å². The number of carboxylic acids is 1. The van der Waals surface area contributed by atoms with E-state index >= 15 is 0 Å². The van der Waals surface area contributed by atoms with Crippen LogP contribution in [-0.2, 0) is 0 Å². The Hall–Kier alpha value is -1.51. The fraction of sp³-hybridized carbons (Fsp3) is 0.811. The van der Waals surface area contributed by atoms with E-state index in [1.54, 1.807) is 18.2 Å². The van der Waals surface area contributed by atoms with E-state index in [1.165, 1.54) is 167 Å². The molecule has 1 N–H and O–H groups in total. The zero-order valence-corrected chi connectivity index (χ0v) is 26.6. The second-order valence-electron chi connectivity index (χ2n) is 12.2. The third-order valence-corrected chi connectivity index (χ3v) is 8.37. The maximum absolute atomic E-state index is 11.2. The van der Waals surface area contributed by atoms with Crippen LogP contribution < -0.4 is 4.74 Å². The van der Waals surface area contributed by atoms with Gasteiger partial charge >= 0.3 is 5.97 Å². The Bertz CT molecular complexity index is 671. The first-order valence-electron chi connectivity index (χ1n) is 17.7. The maximum atomic E-state index is 11.2. The third-order valence-electron chi connectivity index (χ3n) is 8.37. The minimum Gasteiger partial charge on any atom is -0.493 e. The van der Waals surface area contributed by atoms with E-state index in [2.05, 4.69) is 6.92 Å². The monoisotopic (exact) mass is 559 g/mol. The molecule has 0 unspecified atom stereocenters. The van der Waals surface area contributed by atoms with Gasteiger partial charge in [0.25, 0.3) is 0 Å². The predicted octanol–water partition coefficient (Wildman–Crippen LogP) is 12.7. The number of benzene rings is 1. The van der Waals surface area contributed by atoms with Crippen LogP contribution in [0, 0.1) is 0 Å². The van der Waals surface area contributed by atoms with Crippen LogP contribution in [0.25, 0.3) is 0 Å². The molecule has 0 aliphatic heterocycles. The van der Waals surface area contributed by atoms with E-state index in [1.807, 2.05) is 6.07 Å². The fourth-order valence-corrected chi connectivity index (χ4v) is 5.72. The molecule has 0 aromatic heterocycles. The van der Waals surface area contributed by atoms with Gasteiger partial charge in [0.05, 0.1) is 6.61 Å². The first-order chi connectivity index (χ1) is 19.8. The number of unbranched alkanes of at least 4 members (excludes halogenated alkanes) is 27. The number of hydrogen-bond acceptors (Lipinski definition) is 2. The summed E-state index contributed by atoms with van der Waals surface area (Å²) >= 11 is 0. The maximum Gasteiger partial charge on any atom is 0.339 e. The van der Waals surface area contributed by atoms with Crippen molar-refractivity contribution in [3.8, 4) is 5.75 Å². The van der Waals surface area contributed by atoms with E-state index in [0.717, 1.165) is 12.8 Å². The molecule has 40 heavy (non-hydrogen) atoms. The van der Waals surface area contributed by atoms with E-state index in [-0.39, 0.29) is 5.56 Å². The molecule has 232 valence electrons. The van der Waals surface area contributed by atoms with Crippen molar-refractivity contribution in [2.75, 3.05) is 6.61 Å². The third kappa shape index (κ3) is 23.2. The predicted molar refractivity (Wildman–Crippen MR) is 174 cm³/mol. The molecule has 1 aromatic rings. The fourth-order valence-electron chi connectivity index (χ4n) is 5.72. The lowest BCUT2D eigenvalue weighted by Crippen LogP contribution is -2.04. The molecule has 3 heteroatoms. The summed E-state index contributed by atoms with van der Waals surface area (Å²) in [5, 5.41) is 9.19. The van der Waals surface area contributed by atoms with Gasteiger partial charge in [0.1, 0.15) is 11.3 Å². The topological polar surface area (TPSA) is 46.5 Å². The Morgan fingerprint density at radius 3 is 1.12 bits per heavy atom. The van der Waals surface area contributed by atoms with Crippen LogP contribution >= 0.6 is 0 Å². The molecule has 0 bridgehead atoms. The summed E-state index contributed by atoms with van der Waals surface area (Å²) in [5.41, 5.74) is 0.253. The molecule has 1 rings (SSSR count). The molecule has 0 heterocycles. The molecule has 0 aliphatic rings. The highest BCUT2D eigenvalue weighted by Gasteiger charge is 2.09. The lowest BCUT2D eigenvalue weighted by molar-refractivity contribution is 0.0692. The Kier molecular flexibility index (Phi) is 26.5. The molecule has 0 spiro atoms. The molecule has 0 fully saturated rings. The van der Waals surface area contributed by atoms with Crippen LogP contribution in [-0.4, -0.2) is 17.7 Å². The number of carboxylic acid groups (broad SMARTS) is 1. The minimum atomic E-state index is -0.925. The number of para-hydroxylation sites is 1. The van der Waals surface area contributed by atoms with Crippen molar-refractivity contribution in [1.29, 1.82) is 0 Å². The van der Waals surface area contributed by atoms with Crippen molar-refractivity contribution >= 4 is 5.97 Å². The smallest absolute Gasteiger partial charge is 0.339 e. The molecule has 0 aliphatic carbocycles. The molecule has 3 nitrogen and oxygen atoms in total. The summed E-state index contributed by atoms with van der Waals surface area (Å²) < 4.78 is 5.68. The Labute approximate surface area is 249 Å². The average Bonchev–Trinajstić information content (AvgIpc) is 2.96. The zero-order valence-electron chi connectivity index (χ0n) is 26.6. The highest BCUT2D eigenvalue weighted by molar-refractivity contribution is 5.90. The lowest BCUT2D eigenvalue weighted by Gasteiger charge is -2.08. The van der Waals surface area contributed by atoms with E-state index < -0.39 is 5.97 Å². The SMILES string of the molecule is CCCCCCCCCCCCCCCCCCCCCCCCCCCCCCOc1ccccc1C(=O)O. The van der Waals surface area contributed by atoms with Crippen LogP contribution in [0.5, 0.6) is 5.75 Å². The molecular formula is C37H66O3. The Balaban J connectivity index is 1.69. The second-order valence-corrected chi connectivity index (χ2v) is 12.2. The molecule has 0 atom stereocenters. The number of carbonyl (C=O) groups is 1. The van der Waals surface area contributed by atoms with Crippen LogP contribution in [0.1, 0.15) is 197 Å². The van der Waals surface area contributed by atoms with Gasteiger partial charge in [-0.1, -0.05) is 192 Å². The second kappa shape index (κ2) is 29.0. The normalized spacial score (nSPS) is 11.2. The van der Waals surface area contributed by atoms with Crippen molar-refractivity contribution in [1.82, 2.24) is 0 Å². The van der Waals surface area contributed by atoms with Gasteiger partial charge in [-0.15, -0.1) is 0 Å². The van der Waals surface area contributed by atoms with Gasteiger partial charge in [-0.3, -0.25) is 0 Å². The molecule has 0 amide bonds. The number of ether oxygens (including phenoxy) is 1. The molecule has 0 saturated carbocycles. The largest absolute Gasteiger partial charge is 0.493 e. The summed E-state index contributed by atoms with van der Waals surface area (Å²) in [4.78, 5) is 11.2. The van der Waals surface area contributed by atoms with Crippen molar-refractivity contribution in [2.24, 2.45) is 0 Å². The van der Waals surface area contributed by atoms with Gasteiger partial charge in [-0.05, 0) is 18.6 Å². The molecule has 0 saturated heterocycles. The van der Waals surface area contributed by atoms with Gasteiger partial charge in [0, 0.05) is 0 Å². The van der Waals surface area contributed by atoms with Crippen LogP contribution in [0.15, 0.2) is 24.3 Å². The number of rotatable bonds is 31. The first kappa shape index (κ1) is 36.5. The van der Waals surface area contributed by atoms with Crippen molar-refractivity contribution in [3.63, 3.8) is 0 Å². The summed E-state index contributed by atoms with van der Waals surface area (Å²) in [5.74, 6) is -0.439. The van der Waals surface area contributed by atoms with E-state index in [4.69, 9.17) is 4.74 Å². The van der Waals surface area contributed by atoms with Crippen molar-refractivity contribution in [3.05, 3.63) is 29.8 Å².